The van der Waals surface area contributed by atoms with E-state index >= 15 is 0 Å². The lowest BCUT2D eigenvalue weighted by molar-refractivity contribution is 0.193. The number of phosphoric acid groups is 1. The van der Waals surface area contributed by atoms with Gasteiger partial charge in [0.2, 0.25) is 0 Å². The molecule has 0 saturated carbocycles. The zero-order valence-corrected chi connectivity index (χ0v) is 30.5. The molecule has 0 aliphatic heterocycles. The predicted molar refractivity (Wildman–Crippen MR) is 189 cm³/mol. The van der Waals surface area contributed by atoms with Crippen LogP contribution in [0.4, 0.5) is 0 Å². The molecular weight excluding hydrogens is 607 g/mol. The lowest BCUT2D eigenvalue weighted by Crippen LogP contribution is -1.92. The highest BCUT2D eigenvalue weighted by molar-refractivity contribution is 9.09. The molecule has 0 radical (unpaired) electrons. The molecule has 0 spiro atoms. The molecule has 0 amide bonds. The normalized spacial score (nSPS) is 12.0. The van der Waals surface area contributed by atoms with Crippen LogP contribution in [0.25, 0.3) is 0 Å². The fraction of sp³-hybridized carbons (Fsp3) is 1.00. The summed E-state index contributed by atoms with van der Waals surface area (Å²) in [5.41, 5.74) is 0. The third-order valence-corrected chi connectivity index (χ3v) is 9.87. The number of rotatable bonds is 37. The van der Waals surface area contributed by atoms with Crippen molar-refractivity contribution in [2.75, 3.05) is 11.9 Å². The molecule has 0 aromatic rings. The van der Waals surface area contributed by atoms with Crippen molar-refractivity contribution in [2.45, 2.75) is 218 Å². The minimum atomic E-state index is -4.27. The molecular formula is C36H74BrO4P. The molecule has 0 fully saturated rings. The second-order valence-electron chi connectivity index (χ2n) is 13.0. The van der Waals surface area contributed by atoms with Gasteiger partial charge in [-0.3, -0.25) is 4.52 Å². The van der Waals surface area contributed by atoms with Gasteiger partial charge in [0.15, 0.2) is 0 Å². The molecule has 0 heterocycles. The van der Waals surface area contributed by atoms with Gasteiger partial charge in [-0.25, -0.2) is 4.57 Å². The van der Waals surface area contributed by atoms with E-state index in [9.17, 15) is 4.57 Å². The first-order valence-electron chi connectivity index (χ1n) is 18.8. The van der Waals surface area contributed by atoms with Crippen LogP contribution in [-0.4, -0.2) is 21.7 Å². The molecule has 0 bridgehead atoms. The van der Waals surface area contributed by atoms with Crippen molar-refractivity contribution in [1.29, 1.82) is 0 Å². The van der Waals surface area contributed by atoms with Crippen LogP contribution in [0.3, 0.4) is 0 Å². The van der Waals surface area contributed by atoms with Gasteiger partial charge in [0.05, 0.1) is 6.61 Å². The van der Waals surface area contributed by atoms with Gasteiger partial charge in [-0.2, -0.15) is 0 Å². The Morgan fingerprint density at radius 1 is 0.333 bits per heavy atom. The smallest absolute Gasteiger partial charge is 0.303 e. The lowest BCUT2D eigenvalue weighted by Gasteiger charge is -2.05. The molecule has 0 unspecified atom stereocenters. The Kier molecular flexibility index (Phi) is 36.6. The first kappa shape index (κ1) is 42.6. The molecule has 0 aliphatic rings. The highest BCUT2D eigenvalue weighted by Crippen LogP contribution is 2.35. The Balaban J connectivity index is 3.05. The average molecular weight is 682 g/mol. The van der Waals surface area contributed by atoms with E-state index in [1.165, 1.54) is 204 Å². The zero-order chi connectivity index (χ0) is 30.7. The van der Waals surface area contributed by atoms with E-state index in [0.717, 1.165) is 19.3 Å². The summed E-state index contributed by atoms with van der Waals surface area (Å²) in [5.74, 6) is 0. The highest BCUT2D eigenvalue weighted by Gasteiger charge is 2.12. The van der Waals surface area contributed by atoms with Crippen LogP contribution >= 0.6 is 23.8 Å². The lowest BCUT2D eigenvalue weighted by atomic mass is 10.0. The van der Waals surface area contributed by atoms with Crippen molar-refractivity contribution in [3.63, 3.8) is 0 Å². The summed E-state index contributed by atoms with van der Waals surface area (Å²) in [6, 6.07) is 0. The van der Waals surface area contributed by atoms with Crippen LogP contribution in [0.15, 0.2) is 0 Å². The largest absolute Gasteiger partial charge is 0.469 e. The molecule has 42 heavy (non-hydrogen) atoms. The van der Waals surface area contributed by atoms with Gasteiger partial charge in [0.25, 0.3) is 0 Å². The summed E-state index contributed by atoms with van der Waals surface area (Å²) in [6.45, 7) is 0.170. The van der Waals surface area contributed by atoms with Crippen LogP contribution in [-0.2, 0) is 9.09 Å². The first-order valence-corrected chi connectivity index (χ1v) is 21.5. The highest BCUT2D eigenvalue weighted by atomic mass is 79.9. The van der Waals surface area contributed by atoms with Crippen molar-refractivity contribution in [1.82, 2.24) is 0 Å². The van der Waals surface area contributed by atoms with Crippen LogP contribution in [0.1, 0.15) is 218 Å². The second-order valence-corrected chi connectivity index (χ2v) is 15.1. The molecule has 0 saturated heterocycles. The summed E-state index contributed by atoms with van der Waals surface area (Å²) in [4.78, 5) is 17.3. The van der Waals surface area contributed by atoms with Crippen LogP contribution in [0.5, 0.6) is 0 Å². The van der Waals surface area contributed by atoms with E-state index < -0.39 is 7.82 Å². The van der Waals surface area contributed by atoms with Gasteiger partial charge in [0.1, 0.15) is 0 Å². The van der Waals surface area contributed by atoms with E-state index in [-0.39, 0.29) is 6.61 Å². The van der Waals surface area contributed by atoms with Crippen LogP contribution < -0.4 is 0 Å². The van der Waals surface area contributed by atoms with Crippen molar-refractivity contribution in [2.24, 2.45) is 0 Å². The fourth-order valence-electron chi connectivity index (χ4n) is 6.04. The molecule has 4 nitrogen and oxygen atoms in total. The molecule has 2 N–H and O–H groups in total. The SMILES string of the molecule is O=P(O)(O)OCCCCCCCCCCCCCCCCCCCCCCCCCCCCCCCCCCCCBr. The summed E-state index contributed by atoms with van der Waals surface area (Å²) >= 11 is 3.52. The van der Waals surface area contributed by atoms with E-state index in [0.29, 0.717) is 0 Å². The number of halogens is 1. The number of hydrogen-bond donors (Lipinski definition) is 2. The molecule has 0 atom stereocenters. The number of unbranched alkanes of at least 4 members (excludes halogenated alkanes) is 33. The van der Waals surface area contributed by atoms with Gasteiger partial charge in [-0.1, -0.05) is 221 Å². The Hall–Kier alpha value is 0.590. The average Bonchev–Trinajstić information content (AvgIpc) is 2.96. The number of phosphoric ester groups is 1. The van der Waals surface area contributed by atoms with Crippen molar-refractivity contribution in [3.8, 4) is 0 Å². The Labute approximate surface area is 272 Å². The van der Waals surface area contributed by atoms with E-state index in [1.54, 1.807) is 0 Å². The Morgan fingerprint density at radius 3 is 0.667 bits per heavy atom. The van der Waals surface area contributed by atoms with Crippen molar-refractivity contribution < 1.29 is 18.9 Å². The molecule has 254 valence electrons. The van der Waals surface area contributed by atoms with Crippen LogP contribution in [0, 0.1) is 0 Å². The summed E-state index contributed by atoms with van der Waals surface area (Å²) < 4.78 is 15.1. The van der Waals surface area contributed by atoms with Gasteiger partial charge >= 0.3 is 7.82 Å². The molecule has 0 aliphatic carbocycles. The topological polar surface area (TPSA) is 66.8 Å². The maximum Gasteiger partial charge on any atom is 0.469 e. The molecule has 6 heteroatoms. The quantitative estimate of drug-likeness (QED) is 0.0389. The van der Waals surface area contributed by atoms with Gasteiger partial charge in [-0.15, -0.1) is 0 Å². The monoisotopic (exact) mass is 680 g/mol. The van der Waals surface area contributed by atoms with Gasteiger partial charge in [0, 0.05) is 5.33 Å². The van der Waals surface area contributed by atoms with Gasteiger partial charge in [-0.05, 0) is 12.8 Å². The number of alkyl halides is 1. The van der Waals surface area contributed by atoms with E-state index in [2.05, 4.69) is 20.5 Å². The van der Waals surface area contributed by atoms with Crippen molar-refractivity contribution >= 4 is 23.8 Å². The summed E-state index contributed by atoms with van der Waals surface area (Å²) in [5, 5.41) is 1.18. The first-order chi connectivity index (χ1) is 20.6. The van der Waals surface area contributed by atoms with Crippen molar-refractivity contribution in [3.05, 3.63) is 0 Å². The maximum absolute atomic E-state index is 10.6. The van der Waals surface area contributed by atoms with E-state index in [4.69, 9.17) is 9.79 Å². The Bertz CT molecular complexity index is 542. The minimum absolute atomic E-state index is 0.170. The minimum Gasteiger partial charge on any atom is -0.303 e. The standard InChI is InChI=1S/C36H74BrO4P/c37-35-33-31-29-27-25-23-21-19-17-15-13-11-9-7-5-3-1-2-4-6-8-10-12-14-16-18-20-22-24-26-28-30-32-34-36-41-42(38,39)40/h1-36H2,(H2,38,39,40). The second kappa shape index (κ2) is 36.1. The predicted octanol–water partition coefficient (Wildman–Crippen LogP) is 13.8. The van der Waals surface area contributed by atoms with Gasteiger partial charge < -0.3 is 9.79 Å². The van der Waals surface area contributed by atoms with Crippen LogP contribution in [0.2, 0.25) is 0 Å². The molecule has 0 aromatic carbocycles. The summed E-state index contributed by atoms with van der Waals surface area (Å²) in [7, 11) is -4.27. The number of hydrogen-bond acceptors (Lipinski definition) is 2. The molecule has 0 rings (SSSR count). The van der Waals surface area contributed by atoms with E-state index in [1.807, 2.05) is 0 Å². The third kappa shape index (κ3) is 40.6. The Morgan fingerprint density at radius 2 is 0.500 bits per heavy atom. The summed E-state index contributed by atoms with van der Waals surface area (Å²) in [6.07, 6.45) is 47.2. The third-order valence-electron chi connectivity index (χ3n) is 8.79. The maximum atomic E-state index is 10.6. The molecule has 0 aromatic heterocycles. The fourth-order valence-corrected chi connectivity index (χ4v) is 6.80. The zero-order valence-electron chi connectivity index (χ0n) is 28.0.